The molecule has 1 atom stereocenters. The first-order chi connectivity index (χ1) is 9.56. The largest absolute Gasteiger partial charge is 0.325 e. The summed E-state index contributed by atoms with van der Waals surface area (Å²) in [5.74, 6) is -0.0438. The van der Waals surface area contributed by atoms with Gasteiger partial charge in [-0.3, -0.25) is 9.48 Å². The van der Waals surface area contributed by atoms with Crippen molar-refractivity contribution in [3.05, 3.63) is 47.8 Å². The Labute approximate surface area is 119 Å². The molecule has 0 bridgehead atoms. The normalized spacial score (nSPS) is 12.2. The van der Waals surface area contributed by atoms with E-state index < -0.39 is 0 Å². The van der Waals surface area contributed by atoms with Gasteiger partial charge in [-0.25, -0.2) is 0 Å². The van der Waals surface area contributed by atoms with E-state index in [0.717, 1.165) is 16.9 Å². The molecular formula is C15H20N4O. The molecule has 2 aromatic rings. The van der Waals surface area contributed by atoms with Crippen LogP contribution in [0, 0.1) is 6.92 Å². The van der Waals surface area contributed by atoms with Gasteiger partial charge in [0.05, 0.1) is 11.7 Å². The maximum Gasteiger partial charge on any atom is 0.241 e. The molecule has 0 radical (unpaired) electrons. The molecule has 1 heterocycles. The fraction of sp³-hybridized carbons (Fsp3) is 0.333. The third kappa shape index (κ3) is 3.68. The second kappa shape index (κ2) is 6.34. The van der Waals surface area contributed by atoms with Crippen molar-refractivity contribution in [3.8, 4) is 0 Å². The van der Waals surface area contributed by atoms with E-state index >= 15 is 0 Å². The minimum atomic E-state index is -0.269. The molecule has 106 valence electrons. The van der Waals surface area contributed by atoms with Gasteiger partial charge < -0.3 is 10.6 Å². The maximum absolute atomic E-state index is 12.0. The molecular weight excluding hydrogens is 252 g/mol. The number of rotatable bonds is 5. The molecule has 0 aliphatic rings. The molecule has 1 unspecified atom stereocenters. The molecule has 1 amide bonds. The molecule has 0 fully saturated rings. The summed E-state index contributed by atoms with van der Waals surface area (Å²) in [5, 5.41) is 10.4. The van der Waals surface area contributed by atoms with E-state index in [1.54, 1.807) is 4.68 Å². The molecule has 20 heavy (non-hydrogen) atoms. The molecule has 2 rings (SSSR count). The first kappa shape index (κ1) is 14.3. The van der Waals surface area contributed by atoms with E-state index in [9.17, 15) is 4.79 Å². The SMILES string of the molecule is Cc1nn(C)cc1CNC(C)C(=O)Nc1ccccc1. The highest BCUT2D eigenvalue weighted by molar-refractivity contribution is 5.94. The van der Waals surface area contributed by atoms with Crippen LogP contribution in [0.5, 0.6) is 0 Å². The molecule has 2 N–H and O–H groups in total. The zero-order valence-electron chi connectivity index (χ0n) is 12.1. The number of hydrogen-bond donors (Lipinski definition) is 2. The highest BCUT2D eigenvalue weighted by atomic mass is 16.2. The standard InChI is InChI=1S/C15H20N4O/c1-11-13(10-19(3)18-11)9-16-12(2)15(20)17-14-7-5-4-6-8-14/h4-8,10,12,16H,9H2,1-3H3,(H,17,20). The van der Waals surface area contributed by atoms with Crippen LogP contribution >= 0.6 is 0 Å². The molecule has 5 nitrogen and oxygen atoms in total. The van der Waals surface area contributed by atoms with Crippen molar-refractivity contribution in [3.63, 3.8) is 0 Å². The number of anilines is 1. The highest BCUT2D eigenvalue weighted by Gasteiger charge is 2.13. The highest BCUT2D eigenvalue weighted by Crippen LogP contribution is 2.07. The molecule has 0 spiro atoms. The van der Waals surface area contributed by atoms with Gasteiger partial charge in [0.25, 0.3) is 0 Å². The lowest BCUT2D eigenvalue weighted by Crippen LogP contribution is -2.37. The Morgan fingerprint density at radius 1 is 1.35 bits per heavy atom. The summed E-state index contributed by atoms with van der Waals surface area (Å²) in [5.41, 5.74) is 2.89. The monoisotopic (exact) mass is 272 g/mol. The summed E-state index contributed by atoms with van der Waals surface area (Å²) in [4.78, 5) is 12.0. The molecule has 0 aliphatic carbocycles. The van der Waals surface area contributed by atoms with Crippen molar-refractivity contribution in [2.45, 2.75) is 26.4 Å². The fourth-order valence-corrected chi connectivity index (χ4v) is 1.95. The van der Waals surface area contributed by atoms with Gasteiger partial charge in [-0.15, -0.1) is 0 Å². The van der Waals surface area contributed by atoms with E-state index in [2.05, 4.69) is 15.7 Å². The minimum Gasteiger partial charge on any atom is -0.325 e. The lowest BCUT2D eigenvalue weighted by atomic mass is 10.2. The number of nitrogens with one attached hydrogen (secondary N) is 2. The van der Waals surface area contributed by atoms with Crippen molar-refractivity contribution >= 4 is 11.6 Å². The van der Waals surface area contributed by atoms with Crippen LogP contribution in [0.3, 0.4) is 0 Å². The van der Waals surface area contributed by atoms with Gasteiger partial charge in [0, 0.05) is 31.0 Å². The van der Waals surface area contributed by atoms with Gasteiger partial charge in [0.1, 0.15) is 0 Å². The second-order valence-corrected chi connectivity index (χ2v) is 4.87. The smallest absolute Gasteiger partial charge is 0.241 e. The van der Waals surface area contributed by atoms with Crippen LogP contribution in [0.1, 0.15) is 18.2 Å². The molecule has 1 aromatic carbocycles. The second-order valence-electron chi connectivity index (χ2n) is 4.87. The molecule has 0 saturated carbocycles. The maximum atomic E-state index is 12.0. The predicted octanol–water partition coefficient (Wildman–Crippen LogP) is 1.85. The number of carbonyl (C=O) groups is 1. The predicted molar refractivity (Wildman–Crippen MR) is 79.3 cm³/mol. The van der Waals surface area contributed by atoms with E-state index in [-0.39, 0.29) is 11.9 Å². The number of aromatic nitrogens is 2. The summed E-state index contributed by atoms with van der Waals surface area (Å²) in [7, 11) is 1.89. The Balaban J connectivity index is 1.87. The van der Waals surface area contributed by atoms with Gasteiger partial charge in [-0.2, -0.15) is 5.10 Å². The van der Waals surface area contributed by atoms with Crippen LogP contribution in [-0.2, 0) is 18.4 Å². The van der Waals surface area contributed by atoms with E-state index in [0.29, 0.717) is 6.54 Å². The quantitative estimate of drug-likeness (QED) is 0.873. The number of carbonyl (C=O) groups excluding carboxylic acids is 1. The van der Waals surface area contributed by atoms with Gasteiger partial charge >= 0.3 is 0 Å². The van der Waals surface area contributed by atoms with Crippen LogP contribution in [0.2, 0.25) is 0 Å². The number of hydrogen-bond acceptors (Lipinski definition) is 3. The van der Waals surface area contributed by atoms with E-state index in [1.165, 1.54) is 0 Å². The van der Waals surface area contributed by atoms with Crippen molar-refractivity contribution < 1.29 is 4.79 Å². The summed E-state index contributed by atoms with van der Waals surface area (Å²) in [6, 6.07) is 9.18. The van der Waals surface area contributed by atoms with Crippen LogP contribution in [0.4, 0.5) is 5.69 Å². The van der Waals surface area contributed by atoms with Gasteiger partial charge in [-0.05, 0) is 26.0 Å². The third-order valence-corrected chi connectivity index (χ3v) is 3.15. The molecule has 0 saturated heterocycles. The zero-order valence-corrected chi connectivity index (χ0v) is 12.1. The van der Waals surface area contributed by atoms with Crippen LogP contribution in [-0.4, -0.2) is 21.7 Å². The van der Waals surface area contributed by atoms with Crippen LogP contribution in [0.25, 0.3) is 0 Å². The Morgan fingerprint density at radius 2 is 2.05 bits per heavy atom. The lowest BCUT2D eigenvalue weighted by molar-refractivity contribution is -0.117. The Bertz CT molecular complexity index is 577. The lowest BCUT2D eigenvalue weighted by Gasteiger charge is -2.13. The number of aryl methyl sites for hydroxylation is 2. The molecule has 0 aliphatic heterocycles. The molecule has 5 heteroatoms. The Morgan fingerprint density at radius 3 is 2.65 bits per heavy atom. The summed E-state index contributed by atoms with van der Waals surface area (Å²) in [6.07, 6.45) is 1.96. The average Bonchev–Trinajstić information content (AvgIpc) is 2.75. The van der Waals surface area contributed by atoms with E-state index in [1.807, 2.05) is 57.4 Å². The number of benzene rings is 1. The first-order valence-corrected chi connectivity index (χ1v) is 6.64. The van der Waals surface area contributed by atoms with Crippen molar-refractivity contribution in [2.24, 2.45) is 7.05 Å². The fourth-order valence-electron chi connectivity index (χ4n) is 1.95. The van der Waals surface area contributed by atoms with E-state index in [4.69, 9.17) is 0 Å². The molecule has 1 aromatic heterocycles. The summed E-state index contributed by atoms with van der Waals surface area (Å²) < 4.78 is 1.78. The number of para-hydroxylation sites is 1. The zero-order chi connectivity index (χ0) is 14.5. The van der Waals surface area contributed by atoms with Crippen molar-refractivity contribution in [1.82, 2.24) is 15.1 Å². The summed E-state index contributed by atoms with van der Waals surface area (Å²) >= 11 is 0. The van der Waals surface area contributed by atoms with Crippen LogP contribution < -0.4 is 10.6 Å². The number of nitrogens with zero attached hydrogens (tertiary/aromatic N) is 2. The Hall–Kier alpha value is -2.14. The summed E-state index contributed by atoms with van der Waals surface area (Å²) in [6.45, 7) is 4.44. The Kier molecular flexibility index (Phi) is 4.53. The first-order valence-electron chi connectivity index (χ1n) is 6.64. The minimum absolute atomic E-state index is 0.0438. The van der Waals surface area contributed by atoms with Crippen molar-refractivity contribution in [2.75, 3.05) is 5.32 Å². The van der Waals surface area contributed by atoms with Gasteiger partial charge in [-0.1, -0.05) is 18.2 Å². The topological polar surface area (TPSA) is 59.0 Å². The average molecular weight is 272 g/mol. The number of amides is 1. The van der Waals surface area contributed by atoms with Gasteiger partial charge in [0.2, 0.25) is 5.91 Å². The van der Waals surface area contributed by atoms with Crippen LogP contribution in [0.15, 0.2) is 36.5 Å². The third-order valence-electron chi connectivity index (χ3n) is 3.15. The van der Waals surface area contributed by atoms with Gasteiger partial charge in [0.15, 0.2) is 0 Å². The van der Waals surface area contributed by atoms with Crippen molar-refractivity contribution in [1.29, 1.82) is 0 Å².